The van der Waals surface area contributed by atoms with Crippen molar-refractivity contribution in [1.29, 1.82) is 0 Å². The molecule has 1 saturated heterocycles. The molecule has 0 radical (unpaired) electrons. The molecule has 4 rings (SSSR count). The van der Waals surface area contributed by atoms with Gasteiger partial charge in [-0.15, -0.1) is 0 Å². The lowest BCUT2D eigenvalue weighted by Gasteiger charge is -2.29. The standard InChI is InChI=1S/C25H36N8O2/c1-5-6-11-27-23-22-21(29-25(26)30-23)16(2)31-33(22)15-18-8-7-17(14-20(18)35-4)24(34)28-19-9-12-32(3)13-10-19/h7-8,14,19H,5-6,9-13,15H2,1-4H3,(H,28,34)(H3,26,27,29,30). The fraction of sp³-hybridized carbons (Fsp3) is 0.520. The van der Waals surface area contributed by atoms with Crippen LogP contribution in [0.1, 0.15) is 54.2 Å². The van der Waals surface area contributed by atoms with E-state index in [2.05, 4.69) is 39.5 Å². The molecule has 0 bridgehead atoms. The Morgan fingerprint density at radius 1 is 1.26 bits per heavy atom. The van der Waals surface area contributed by atoms with E-state index in [1.165, 1.54) is 0 Å². The Morgan fingerprint density at radius 3 is 2.74 bits per heavy atom. The molecule has 1 aromatic carbocycles. The number of piperidine rings is 1. The van der Waals surface area contributed by atoms with Crippen LogP contribution in [0.25, 0.3) is 11.0 Å². The van der Waals surface area contributed by atoms with Crippen LogP contribution in [0, 0.1) is 6.92 Å². The molecule has 188 valence electrons. The van der Waals surface area contributed by atoms with Crippen molar-refractivity contribution in [2.24, 2.45) is 0 Å². The van der Waals surface area contributed by atoms with Gasteiger partial charge in [-0.1, -0.05) is 19.4 Å². The van der Waals surface area contributed by atoms with Crippen LogP contribution in [-0.4, -0.2) is 70.4 Å². The van der Waals surface area contributed by atoms with Gasteiger partial charge in [0.05, 0.1) is 19.3 Å². The maximum atomic E-state index is 12.9. The first-order valence-corrected chi connectivity index (χ1v) is 12.3. The number of hydrogen-bond donors (Lipinski definition) is 3. The average molecular weight is 481 g/mol. The normalized spacial score (nSPS) is 14.9. The minimum atomic E-state index is -0.0731. The molecule has 4 N–H and O–H groups in total. The molecule has 1 aliphatic rings. The van der Waals surface area contributed by atoms with Crippen molar-refractivity contribution in [3.05, 3.63) is 35.0 Å². The van der Waals surface area contributed by atoms with Crippen molar-refractivity contribution in [1.82, 2.24) is 30.0 Å². The number of carbonyl (C=O) groups excluding carboxylic acids is 1. The van der Waals surface area contributed by atoms with E-state index in [9.17, 15) is 4.79 Å². The topological polar surface area (TPSA) is 123 Å². The zero-order valence-electron chi connectivity index (χ0n) is 21.1. The number of likely N-dealkylation sites (tertiary alicyclic amines) is 1. The molecule has 0 spiro atoms. The summed E-state index contributed by atoms with van der Waals surface area (Å²) in [7, 11) is 3.72. The van der Waals surface area contributed by atoms with E-state index in [4.69, 9.17) is 15.6 Å². The van der Waals surface area contributed by atoms with E-state index in [0.717, 1.165) is 67.6 Å². The molecule has 10 nitrogen and oxygen atoms in total. The van der Waals surface area contributed by atoms with E-state index in [0.29, 0.717) is 23.7 Å². The summed E-state index contributed by atoms with van der Waals surface area (Å²) in [5, 5.41) is 11.3. The second kappa shape index (κ2) is 10.9. The zero-order valence-corrected chi connectivity index (χ0v) is 21.1. The number of hydrogen-bond acceptors (Lipinski definition) is 8. The maximum Gasteiger partial charge on any atom is 0.251 e. The third kappa shape index (κ3) is 5.64. The molecule has 2 aromatic heterocycles. The third-order valence-corrected chi connectivity index (χ3v) is 6.52. The average Bonchev–Trinajstić information content (AvgIpc) is 3.15. The Morgan fingerprint density at radius 2 is 2.03 bits per heavy atom. The van der Waals surface area contributed by atoms with Gasteiger partial charge in [0.2, 0.25) is 5.95 Å². The SMILES string of the molecule is CCCCNc1nc(N)nc2c(C)nn(Cc3ccc(C(=O)NC4CCN(C)CC4)cc3OC)c12. The minimum Gasteiger partial charge on any atom is -0.496 e. The highest BCUT2D eigenvalue weighted by Crippen LogP contribution is 2.28. The van der Waals surface area contributed by atoms with Crippen molar-refractivity contribution < 1.29 is 9.53 Å². The van der Waals surface area contributed by atoms with Gasteiger partial charge < -0.3 is 26.0 Å². The molecule has 0 atom stereocenters. The highest BCUT2D eigenvalue weighted by Gasteiger charge is 2.21. The van der Waals surface area contributed by atoms with Crippen LogP contribution >= 0.6 is 0 Å². The molecule has 0 saturated carbocycles. The fourth-order valence-electron chi connectivity index (χ4n) is 4.47. The Hall–Kier alpha value is -3.40. The first kappa shape index (κ1) is 24.7. The molecule has 10 heteroatoms. The van der Waals surface area contributed by atoms with Gasteiger partial charge >= 0.3 is 0 Å². The highest BCUT2D eigenvalue weighted by molar-refractivity contribution is 5.95. The lowest BCUT2D eigenvalue weighted by atomic mass is 10.0. The van der Waals surface area contributed by atoms with E-state index in [1.54, 1.807) is 13.2 Å². The number of ether oxygens (including phenoxy) is 1. The second-order valence-corrected chi connectivity index (χ2v) is 9.23. The number of methoxy groups -OCH3 is 1. The van der Waals surface area contributed by atoms with Gasteiger partial charge in [-0.3, -0.25) is 9.48 Å². The van der Waals surface area contributed by atoms with Crippen LogP contribution in [0.3, 0.4) is 0 Å². The Kier molecular flexibility index (Phi) is 7.70. The molecular weight excluding hydrogens is 444 g/mol. The highest BCUT2D eigenvalue weighted by atomic mass is 16.5. The number of anilines is 2. The van der Waals surface area contributed by atoms with Crippen molar-refractivity contribution in [2.75, 3.05) is 44.8 Å². The summed E-state index contributed by atoms with van der Waals surface area (Å²) in [6, 6.07) is 5.77. The summed E-state index contributed by atoms with van der Waals surface area (Å²) in [4.78, 5) is 24.0. The zero-order chi connectivity index (χ0) is 24.9. The quantitative estimate of drug-likeness (QED) is 0.400. The number of amides is 1. The van der Waals surface area contributed by atoms with Crippen LogP contribution < -0.4 is 21.1 Å². The summed E-state index contributed by atoms with van der Waals surface area (Å²) in [6.45, 7) is 7.28. The summed E-state index contributed by atoms with van der Waals surface area (Å²) in [5.41, 5.74) is 9.77. The predicted molar refractivity (Wildman–Crippen MR) is 138 cm³/mol. The molecule has 1 aliphatic heterocycles. The number of nitrogen functional groups attached to an aromatic ring is 1. The van der Waals surface area contributed by atoms with Crippen molar-refractivity contribution in [2.45, 2.75) is 52.1 Å². The summed E-state index contributed by atoms with van der Waals surface area (Å²) in [6.07, 6.45) is 4.02. The number of benzene rings is 1. The van der Waals surface area contributed by atoms with Gasteiger partial charge in [0.25, 0.3) is 5.91 Å². The van der Waals surface area contributed by atoms with Gasteiger partial charge in [0.1, 0.15) is 16.8 Å². The molecule has 3 heterocycles. The smallest absolute Gasteiger partial charge is 0.251 e. The van der Waals surface area contributed by atoms with Gasteiger partial charge in [-0.25, -0.2) is 4.98 Å². The number of nitrogens with two attached hydrogens (primary N) is 1. The van der Waals surface area contributed by atoms with E-state index < -0.39 is 0 Å². The number of carbonyl (C=O) groups is 1. The number of fused-ring (bicyclic) bond motifs is 1. The second-order valence-electron chi connectivity index (χ2n) is 9.23. The number of rotatable bonds is 9. The largest absolute Gasteiger partial charge is 0.496 e. The number of aromatic nitrogens is 4. The molecular formula is C25H36N8O2. The minimum absolute atomic E-state index is 0.0731. The van der Waals surface area contributed by atoms with Gasteiger partial charge in [-0.2, -0.15) is 10.1 Å². The van der Waals surface area contributed by atoms with E-state index >= 15 is 0 Å². The monoisotopic (exact) mass is 480 g/mol. The number of aryl methyl sites for hydroxylation is 1. The number of nitrogens with zero attached hydrogens (tertiary/aromatic N) is 5. The van der Waals surface area contributed by atoms with Crippen LogP contribution in [0.15, 0.2) is 18.2 Å². The van der Waals surface area contributed by atoms with Crippen molar-refractivity contribution >= 4 is 28.7 Å². The Bertz CT molecular complexity index is 1180. The van der Waals surface area contributed by atoms with Gasteiger partial charge in [0.15, 0.2) is 5.82 Å². The molecule has 1 fully saturated rings. The lowest BCUT2D eigenvalue weighted by molar-refractivity contribution is 0.0916. The van der Waals surface area contributed by atoms with Gasteiger partial charge in [-0.05, 0) is 58.5 Å². The molecule has 1 amide bonds. The van der Waals surface area contributed by atoms with Crippen molar-refractivity contribution in [3.8, 4) is 5.75 Å². The first-order chi connectivity index (χ1) is 16.9. The van der Waals surface area contributed by atoms with Crippen LogP contribution in [0.2, 0.25) is 0 Å². The van der Waals surface area contributed by atoms with Gasteiger partial charge in [0, 0.05) is 23.7 Å². The number of unbranched alkanes of at least 4 members (excludes halogenated alkanes) is 1. The maximum absolute atomic E-state index is 12.9. The van der Waals surface area contributed by atoms with E-state index in [1.807, 2.05) is 23.7 Å². The molecule has 0 unspecified atom stereocenters. The molecule has 35 heavy (non-hydrogen) atoms. The van der Waals surface area contributed by atoms with Crippen molar-refractivity contribution in [3.63, 3.8) is 0 Å². The molecule has 0 aliphatic carbocycles. The predicted octanol–water partition coefficient (Wildman–Crippen LogP) is 2.81. The third-order valence-electron chi connectivity index (χ3n) is 6.52. The van der Waals surface area contributed by atoms with E-state index in [-0.39, 0.29) is 17.9 Å². The number of nitrogens with one attached hydrogen (secondary N) is 2. The first-order valence-electron chi connectivity index (χ1n) is 12.3. The lowest BCUT2D eigenvalue weighted by Crippen LogP contribution is -2.43. The summed E-state index contributed by atoms with van der Waals surface area (Å²) >= 11 is 0. The Balaban J connectivity index is 1.58. The summed E-state index contributed by atoms with van der Waals surface area (Å²) in [5.74, 6) is 1.46. The summed E-state index contributed by atoms with van der Waals surface area (Å²) < 4.78 is 7.53. The Labute approximate surface area is 206 Å². The fourth-order valence-corrected chi connectivity index (χ4v) is 4.47. The van der Waals surface area contributed by atoms with Crippen LogP contribution in [-0.2, 0) is 6.54 Å². The molecule has 3 aromatic rings. The van der Waals surface area contributed by atoms with Crippen LogP contribution in [0.4, 0.5) is 11.8 Å². The van der Waals surface area contributed by atoms with Crippen LogP contribution in [0.5, 0.6) is 5.75 Å².